The number of para-hydroxylation sites is 1. The first-order valence-electron chi connectivity index (χ1n) is 10.2. The van der Waals surface area contributed by atoms with Crippen molar-refractivity contribution in [2.24, 2.45) is 0 Å². The lowest BCUT2D eigenvalue weighted by atomic mass is 9.96. The van der Waals surface area contributed by atoms with Gasteiger partial charge >= 0.3 is 12.1 Å². The predicted octanol–water partition coefficient (Wildman–Crippen LogP) is 4.19. The Hall–Kier alpha value is -3.38. The molecule has 0 aliphatic carbocycles. The van der Waals surface area contributed by atoms with E-state index >= 15 is 0 Å². The molecule has 1 N–H and O–H groups in total. The minimum atomic E-state index is -0.510. The summed E-state index contributed by atoms with van der Waals surface area (Å²) >= 11 is 0. The van der Waals surface area contributed by atoms with Gasteiger partial charge in [-0.1, -0.05) is 54.6 Å². The van der Waals surface area contributed by atoms with Gasteiger partial charge in [-0.05, 0) is 36.4 Å². The molecule has 2 unspecified atom stereocenters. The number of nitrogens with zero attached hydrogens (tertiary/aromatic N) is 1. The molecule has 1 amide bonds. The SMILES string of the molecule is CCOC(=O)N1c2ccccc2C2C[C@@H](C(=O)Oc3cccc4ccccc34)NC21. The molecule has 6 heteroatoms. The zero-order chi connectivity index (χ0) is 20.7. The standard InChI is InChI=1S/C24H22N2O4/c1-2-29-24(28)26-20-12-6-5-11-17(20)18-14-19(25-22(18)26)23(27)30-21-13-7-9-15-8-3-4-10-16(15)21/h3-13,18-19,22,25H,2,14H2,1H3/t18?,19-,22?/m0/s1. The molecule has 0 aromatic heterocycles. The number of nitrogens with one attached hydrogen (secondary N) is 1. The van der Waals surface area contributed by atoms with Gasteiger partial charge < -0.3 is 9.47 Å². The van der Waals surface area contributed by atoms with E-state index in [1.54, 1.807) is 17.9 Å². The van der Waals surface area contributed by atoms with E-state index in [1.165, 1.54) is 0 Å². The molecule has 152 valence electrons. The van der Waals surface area contributed by atoms with E-state index < -0.39 is 12.1 Å². The summed E-state index contributed by atoms with van der Waals surface area (Å²) in [4.78, 5) is 27.2. The van der Waals surface area contributed by atoms with Gasteiger partial charge in [-0.3, -0.25) is 10.2 Å². The van der Waals surface area contributed by atoms with Crippen molar-refractivity contribution in [2.75, 3.05) is 11.5 Å². The third kappa shape index (κ3) is 3.00. The Kier molecular flexibility index (Phi) is 4.64. The van der Waals surface area contributed by atoms with Gasteiger partial charge in [0.15, 0.2) is 0 Å². The fraction of sp³-hybridized carbons (Fsp3) is 0.250. The third-order valence-corrected chi connectivity index (χ3v) is 5.83. The summed E-state index contributed by atoms with van der Waals surface area (Å²) in [7, 11) is 0. The van der Waals surface area contributed by atoms with Crippen LogP contribution in [0.15, 0.2) is 66.7 Å². The van der Waals surface area contributed by atoms with Crippen LogP contribution in [0.3, 0.4) is 0 Å². The molecular weight excluding hydrogens is 380 g/mol. The topological polar surface area (TPSA) is 67.9 Å². The first-order chi connectivity index (χ1) is 14.7. The molecule has 1 fully saturated rings. The second-order valence-electron chi connectivity index (χ2n) is 7.53. The number of hydrogen-bond acceptors (Lipinski definition) is 5. The molecule has 3 aromatic carbocycles. The number of hydrogen-bond donors (Lipinski definition) is 1. The van der Waals surface area contributed by atoms with Gasteiger partial charge in [-0.25, -0.2) is 9.59 Å². The number of carbonyl (C=O) groups excluding carboxylic acids is 2. The van der Waals surface area contributed by atoms with Gasteiger partial charge in [0.05, 0.1) is 18.5 Å². The summed E-state index contributed by atoms with van der Waals surface area (Å²) in [6.45, 7) is 2.07. The van der Waals surface area contributed by atoms with E-state index in [1.807, 2.05) is 60.7 Å². The zero-order valence-corrected chi connectivity index (χ0v) is 16.6. The van der Waals surface area contributed by atoms with Crippen LogP contribution in [-0.4, -0.2) is 30.9 Å². The monoisotopic (exact) mass is 402 g/mol. The summed E-state index contributed by atoms with van der Waals surface area (Å²) in [6.07, 6.45) is -0.180. The molecule has 0 saturated carbocycles. The number of fused-ring (bicyclic) bond motifs is 4. The second kappa shape index (κ2) is 7.46. The van der Waals surface area contributed by atoms with Crippen molar-refractivity contribution in [3.63, 3.8) is 0 Å². The van der Waals surface area contributed by atoms with E-state index in [0.29, 0.717) is 18.8 Å². The van der Waals surface area contributed by atoms with Gasteiger partial charge in [0.25, 0.3) is 0 Å². The van der Waals surface area contributed by atoms with E-state index in [4.69, 9.17) is 9.47 Å². The molecule has 3 atom stereocenters. The molecule has 0 bridgehead atoms. The van der Waals surface area contributed by atoms with Crippen LogP contribution in [0.5, 0.6) is 5.75 Å². The van der Waals surface area contributed by atoms with Gasteiger partial charge in [0.2, 0.25) is 0 Å². The molecule has 0 radical (unpaired) electrons. The van der Waals surface area contributed by atoms with Crippen LogP contribution in [0.2, 0.25) is 0 Å². The first kappa shape index (κ1) is 18.6. The number of rotatable bonds is 3. The van der Waals surface area contributed by atoms with Crippen LogP contribution in [0.1, 0.15) is 24.8 Å². The van der Waals surface area contributed by atoms with Crippen LogP contribution in [0.25, 0.3) is 10.8 Å². The molecule has 2 aliphatic rings. The minimum Gasteiger partial charge on any atom is -0.449 e. The van der Waals surface area contributed by atoms with E-state index in [2.05, 4.69) is 5.32 Å². The van der Waals surface area contributed by atoms with E-state index in [-0.39, 0.29) is 18.1 Å². The number of ether oxygens (including phenoxy) is 2. The largest absolute Gasteiger partial charge is 0.449 e. The highest BCUT2D eigenvalue weighted by atomic mass is 16.6. The van der Waals surface area contributed by atoms with Crippen molar-refractivity contribution < 1.29 is 19.1 Å². The number of benzene rings is 3. The molecular formula is C24H22N2O4. The second-order valence-corrected chi connectivity index (χ2v) is 7.53. The van der Waals surface area contributed by atoms with E-state index in [0.717, 1.165) is 22.0 Å². The molecule has 2 aliphatic heterocycles. The van der Waals surface area contributed by atoms with Crippen molar-refractivity contribution in [1.82, 2.24) is 5.32 Å². The fourth-order valence-electron chi connectivity index (χ4n) is 4.53. The van der Waals surface area contributed by atoms with Gasteiger partial charge in [0.1, 0.15) is 11.8 Å². The first-order valence-corrected chi connectivity index (χ1v) is 10.2. The Morgan fingerprint density at radius 1 is 1.03 bits per heavy atom. The Morgan fingerprint density at radius 2 is 1.80 bits per heavy atom. The Bertz CT molecular complexity index is 1120. The van der Waals surface area contributed by atoms with Gasteiger partial charge in [0, 0.05) is 11.3 Å². The summed E-state index contributed by atoms with van der Waals surface area (Å²) in [5, 5.41) is 5.22. The Balaban J connectivity index is 1.40. The van der Waals surface area contributed by atoms with E-state index in [9.17, 15) is 9.59 Å². The normalized spacial score (nSPS) is 21.9. The number of esters is 1. The number of anilines is 1. The van der Waals surface area contributed by atoms with Crippen LogP contribution in [0.4, 0.5) is 10.5 Å². The number of carbonyl (C=O) groups is 2. The molecule has 1 saturated heterocycles. The molecule has 0 spiro atoms. The molecule has 2 heterocycles. The van der Waals surface area contributed by atoms with Crippen LogP contribution >= 0.6 is 0 Å². The molecule has 6 nitrogen and oxygen atoms in total. The molecule has 30 heavy (non-hydrogen) atoms. The molecule has 5 rings (SSSR count). The van der Waals surface area contributed by atoms with Gasteiger partial charge in [-0.2, -0.15) is 0 Å². The summed E-state index contributed by atoms with van der Waals surface area (Å²) in [6, 6.07) is 20.7. The van der Waals surface area contributed by atoms with Crippen molar-refractivity contribution in [1.29, 1.82) is 0 Å². The zero-order valence-electron chi connectivity index (χ0n) is 16.6. The van der Waals surface area contributed by atoms with Crippen molar-refractivity contribution >= 4 is 28.5 Å². The predicted molar refractivity (Wildman–Crippen MR) is 114 cm³/mol. The van der Waals surface area contributed by atoms with Crippen LogP contribution in [-0.2, 0) is 9.53 Å². The quantitative estimate of drug-likeness (QED) is 0.526. The van der Waals surface area contributed by atoms with Crippen molar-refractivity contribution in [3.05, 3.63) is 72.3 Å². The van der Waals surface area contributed by atoms with Crippen LogP contribution in [0, 0.1) is 0 Å². The van der Waals surface area contributed by atoms with Crippen molar-refractivity contribution in [3.8, 4) is 5.75 Å². The Labute approximate surface area is 174 Å². The van der Waals surface area contributed by atoms with Crippen LogP contribution < -0.4 is 15.0 Å². The summed E-state index contributed by atoms with van der Waals surface area (Å²) in [5.74, 6) is 0.206. The highest BCUT2D eigenvalue weighted by Gasteiger charge is 2.50. The molecule has 3 aromatic rings. The Morgan fingerprint density at radius 3 is 2.67 bits per heavy atom. The lowest BCUT2D eigenvalue weighted by Gasteiger charge is -2.25. The van der Waals surface area contributed by atoms with Gasteiger partial charge in [-0.15, -0.1) is 0 Å². The maximum absolute atomic E-state index is 13.0. The number of amides is 1. The highest BCUT2D eigenvalue weighted by Crippen LogP contribution is 2.46. The maximum Gasteiger partial charge on any atom is 0.415 e. The average molecular weight is 402 g/mol. The lowest BCUT2D eigenvalue weighted by Crippen LogP contribution is -2.49. The lowest BCUT2D eigenvalue weighted by molar-refractivity contribution is -0.136. The minimum absolute atomic E-state index is 0.00988. The average Bonchev–Trinajstić information content (AvgIpc) is 3.31. The fourth-order valence-corrected chi connectivity index (χ4v) is 4.53. The maximum atomic E-state index is 13.0. The summed E-state index contributed by atoms with van der Waals surface area (Å²) < 4.78 is 11.0. The summed E-state index contributed by atoms with van der Waals surface area (Å²) in [5.41, 5.74) is 1.88. The highest BCUT2D eigenvalue weighted by molar-refractivity contribution is 5.94. The third-order valence-electron chi connectivity index (χ3n) is 5.83. The smallest absolute Gasteiger partial charge is 0.415 e. The van der Waals surface area contributed by atoms with Crippen molar-refractivity contribution in [2.45, 2.75) is 31.5 Å².